The van der Waals surface area contributed by atoms with Crippen LogP contribution in [-0.2, 0) is 17.8 Å². The van der Waals surface area contributed by atoms with E-state index in [2.05, 4.69) is 25.8 Å². The van der Waals surface area contributed by atoms with Crippen molar-refractivity contribution in [2.24, 2.45) is 5.92 Å². The molecule has 5 heteroatoms. The first-order chi connectivity index (χ1) is 14.4. The molecule has 0 aromatic heterocycles. The molecule has 1 amide bonds. The SMILES string of the molecule is CC(C)COc1ccc(CC(=O)N(Cc2ccc(F)cc2)[C@@H]2CCCN(C)C2)cc1. The highest BCUT2D eigenvalue weighted by atomic mass is 19.1. The van der Waals surface area contributed by atoms with Gasteiger partial charge in [-0.1, -0.05) is 38.1 Å². The molecule has 1 aliphatic rings. The van der Waals surface area contributed by atoms with E-state index in [1.165, 1.54) is 12.1 Å². The second-order valence-corrected chi connectivity index (χ2v) is 8.73. The number of likely N-dealkylation sites (N-methyl/N-ethyl adjacent to an activating group) is 1. The van der Waals surface area contributed by atoms with Gasteiger partial charge in [0.25, 0.3) is 0 Å². The zero-order chi connectivity index (χ0) is 21.5. The third-order valence-electron chi connectivity index (χ3n) is 5.49. The molecular formula is C25H33FN2O2. The quantitative estimate of drug-likeness (QED) is 0.639. The summed E-state index contributed by atoms with van der Waals surface area (Å²) in [7, 11) is 2.10. The van der Waals surface area contributed by atoms with Crippen LogP contribution in [0.3, 0.4) is 0 Å². The molecule has 0 radical (unpaired) electrons. The predicted octanol–water partition coefficient (Wildman–Crippen LogP) is 4.53. The number of rotatable bonds is 8. The number of nitrogens with zero attached hydrogens (tertiary/aromatic N) is 2. The van der Waals surface area contributed by atoms with E-state index in [0.29, 0.717) is 25.5 Å². The van der Waals surface area contributed by atoms with Crippen LogP contribution < -0.4 is 4.74 Å². The fourth-order valence-electron chi connectivity index (χ4n) is 3.84. The van der Waals surface area contributed by atoms with Crippen LogP contribution in [0, 0.1) is 11.7 Å². The van der Waals surface area contributed by atoms with Crippen molar-refractivity contribution in [1.29, 1.82) is 0 Å². The Kier molecular flexibility index (Phi) is 7.86. The van der Waals surface area contributed by atoms with Crippen molar-refractivity contribution in [3.8, 4) is 5.75 Å². The molecule has 1 saturated heterocycles. The van der Waals surface area contributed by atoms with E-state index in [1.54, 1.807) is 12.1 Å². The highest BCUT2D eigenvalue weighted by molar-refractivity contribution is 5.79. The maximum Gasteiger partial charge on any atom is 0.227 e. The van der Waals surface area contributed by atoms with Crippen LogP contribution in [0.15, 0.2) is 48.5 Å². The van der Waals surface area contributed by atoms with Gasteiger partial charge in [-0.15, -0.1) is 0 Å². The lowest BCUT2D eigenvalue weighted by Gasteiger charge is -2.38. The van der Waals surface area contributed by atoms with Crippen LogP contribution >= 0.6 is 0 Å². The summed E-state index contributed by atoms with van der Waals surface area (Å²) in [5, 5.41) is 0. The van der Waals surface area contributed by atoms with E-state index in [0.717, 1.165) is 42.8 Å². The second kappa shape index (κ2) is 10.6. The van der Waals surface area contributed by atoms with Crippen molar-refractivity contribution >= 4 is 5.91 Å². The molecule has 162 valence electrons. The lowest BCUT2D eigenvalue weighted by atomic mass is 10.0. The Morgan fingerprint density at radius 2 is 1.80 bits per heavy atom. The van der Waals surface area contributed by atoms with Crippen molar-refractivity contribution in [3.63, 3.8) is 0 Å². The molecule has 0 bridgehead atoms. The van der Waals surface area contributed by atoms with Gasteiger partial charge in [-0.3, -0.25) is 4.79 Å². The molecule has 2 aromatic rings. The van der Waals surface area contributed by atoms with Gasteiger partial charge >= 0.3 is 0 Å². The molecule has 1 atom stereocenters. The molecule has 30 heavy (non-hydrogen) atoms. The highest BCUT2D eigenvalue weighted by Crippen LogP contribution is 2.20. The molecule has 3 rings (SSSR count). The van der Waals surface area contributed by atoms with Crippen molar-refractivity contribution in [2.75, 3.05) is 26.7 Å². The van der Waals surface area contributed by atoms with Crippen LogP contribution in [0.25, 0.3) is 0 Å². The minimum atomic E-state index is -0.256. The average Bonchev–Trinajstić information content (AvgIpc) is 2.72. The van der Waals surface area contributed by atoms with Gasteiger partial charge in [-0.2, -0.15) is 0 Å². The summed E-state index contributed by atoms with van der Waals surface area (Å²) in [6.07, 6.45) is 2.43. The predicted molar refractivity (Wildman–Crippen MR) is 118 cm³/mol. The number of hydrogen-bond donors (Lipinski definition) is 0. The molecule has 0 unspecified atom stereocenters. The molecule has 0 saturated carbocycles. The van der Waals surface area contributed by atoms with Gasteiger partial charge in [0.05, 0.1) is 13.0 Å². The number of hydrogen-bond acceptors (Lipinski definition) is 3. The van der Waals surface area contributed by atoms with Gasteiger partial charge in [-0.25, -0.2) is 4.39 Å². The van der Waals surface area contributed by atoms with Crippen LogP contribution in [0.5, 0.6) is 5.75 Å². The Morgan fingerprint density at radius 3 is 2.43 bits per heavy atom. The zero-order valence-electron chi connectivity index (χ0n) is 18.3. The minimum absolute atomic E-state index is 0.107. The summed E-state index contributed by atoms with van der Waals surface area (Å²) in [5.41, 5.74) is 1.93. The summed E-state index contributed by atoms with van der Waals surface area (Å²) >= 11 is 0. The van der Waals surface area contributed by atoms with E-state index in [4.69, 9.17) is 4.74 Å². The Labute approximate surface area is 179 Å². The van der Waals surface area contributed by atoms with Gasteiger partial charge < -0.3 is 14.5 Å². The number of carbonyl (C=O) groups is 1. The number of halogens is 1. The molecule has 4 nitrogen and oxygen atoms in total. The number of amides is 1. The third-order valence-corrected chi connectivity index (χ3v) is 5.49. The van der Waals surface area contributed by atoms with Crippen molar-refractivity contribution < 1.29 is 13.9 Å². The van der Waals surface area contributed by atoms with Crippen LogP contribution in [0.1, 0.15) is 37.8 Å². The number of ether oxygens (including phenoxy) is 1. The van der Waals surface area contributed by atoms with Gasteiger partial charge in [0.1, 0.15) is 11.6 Å². The number of carbonyl (C=O) groups excluding carboxylic acids is 1. The van der Waals surface area contributed by atoms with Crippen LogP contribution in [0.4, 0.5) is 4.39 Å². The Balaban J connectivity index is 1.70. The summed E-state index contributed by atoms with van der Waals surface area (Å²) in [6, 6.07) is 14.4. The lowest BCUT2D eigenvalue weighted by molar-refractivity contribution is -0.134. The van der Waals surface area contributed by atoms with Gasteiger partial charge in [0.2, 0.25) is 5.91 Å². The molecule has 0 N–H and O–H groups in total. The number of benzene rings is 2. The molecule has 1 heterocycles. The second-order valence-electron chi connectivity index (χ2n) is 8.73. The minimum Gasteiger partial charge on any atom is -0.493 e. The fraction of sp³-hybridized carbons (Fsp3) is 0.480. The first-order valence-electron chi connectivity index (χ1n) is 10.8. The van der Waals surface area contributed by atoms with Crippen LogP contribution in [-0.4, -0.2) is 48.5 Å². The molecule has 1 aliphatic heterocycles. The fourth-order valence-corrected chi connectivity index (χ4v) is 3.84. The molecule has 0 spiro atoms. The topological polar surface area (TPSA) is 32.8 Å². The number of likely N-dealkylation sites (tertiary alicyclic amines) is 1. The Bertz CT molecular complexity index is 805. The van der Waals surface area contributed by atoms with E-state index in [9.17, 15) is 9.18 Å². The van der Waals surface area contributed by atoms with E-state index < -0.39 is 0 Å². The van der Waals surface area contributed by atoms with Crippen molar-refractivity contribution in [3.05, 3.63) is 65.5 Å². The Morgan fingerprint density at radius 1 is 1.13 bits per heavy atom. The van der Waals surface area contributed by atoms with E-state index in [1.807, 2.05) is 29.2 Å². The lowest BCUT2D eigenvalue weighted by Crippen LogP contribution is -2.49. The summed E-state index contributed by atoms with van der Waals surface area (Å²) in [4.78, 5) is 17.5. The average molecular weight is 413 g/mol. The van der Waals surface area contributed by atoms with Crippen LogP contribution in [0.2, 0.25) is 0 Å². The summed E-state index contributed by atoms with van der Waals surface area (Å²) in [6.45, 7) is 7.35. The molecule has 0 aliphatic carbocycles. The van der Waals surface area contributed by atoms with Gasteiger partial charge in [-0.05, 0) is 67.7 Å². The number of piperidine rings is 1. The van der Waals surface area contributed by atoms with Gasteiger partial charge in [0.15, 0.2) is 0 Å². The van der Waals surface area contributed by atoms with E-state index in [-0.39, 0.29) is 17.8 Å². The first kappa shape index (κ1) is 22.3. The molecule has 2 aromatic carbocycles. The summed E-state index contributed by atoms with van der Waals surface area (Å²) in [5.74, 6) is 1.15. The largest absolute Gasteiger partial charge is 0.493 e. The Hall–Kier alpha value is -2.40. The van der Waals surface area contributed by atoms with Crippen molar-refractivity contribution in [1.82, 2.24) is 9.80 Å². The zero-order valence-corrected chi connectivity index (χ0v) is 18.3. The smallest absolute Gasteiger partial charge is 0.227 e. The normalized spacial score (nSPS) is 17.2. The summed E-state index contributed by atoms with van der Waals surface area (Å²) < 4.78 is 19.0. The monoisotopic (exact) mass is 412 g/mol. The standard InChI is InChI=1S/C25H33FN2O2/c1-19(2)18-30-24-12-8-20(9-13-24)15-25(29)28(23-5-4-14-27(3)17-23)16-21-6-10-22(26)11-7-21/h6-13,19,23H,4-5,14-18H2,1-3H3/t23-/m1/s1. The maximum absolute atomic E-state index is 13.3. The van der Waals surface area contributed by atoms with E-state index >= 15 is 0 Å². The highest BCUT2D eigenvalue weighted by Gasteiger charge is 2.27. The van der Waals surface area contributed by atoms with Gasteiger partial charge in [0, 0.05) is 19.1 Å². The third kappa shape index (κ3) is 6.56. The molecular weight excluding hydrogens is 379 g/mol. The first-order valence-corrected chi connectivity index (χ1v) is 10.8. The molecule has 1 fully saturated rings. The van der Waals surface area contributed by atoms with Crippen molar-refractivity contribution in [2.45, 2.75) is 45.7 Å². The maximum atomic E-state index is 13.3.